The van der Waals surface area contributed by atoms with Gasteiger partial charge in [-0.05, 0) is 18.2 Å². The van der Waals surface area contributed by atoms with E-state index in [0.717, 1.165) is 16.0 Å². The van der Waals surface area contributed by atoms with Gasteiger partial charge in [-0.2, -0.15) is 5.10 Å². The maximum Gasteiger partial charge on any atom is 0.332 e. The molecule has 28 heavy (non-hydrogen) atoms. The maximum atomic E-state index is 13.9. The number of aromatic nitrogens is 2. The molecule has 4 rings (SSSR count). The van der Waals surface area contributed by atoms with Crippen molar-refractivity contribution in [2.24, 2.45) is 0 Å². The van der Waals surface area contributed by atoms with Crippen molar-refractivity contribution in [2.45, 2.75) is 6.54 Å². The predicted molar refractivity (Wildman–Crippen MR) is 100 cm³/mol. The summed E-state index contributed by atoms with van der Waals surface area (Å²) in [6, 6.07) is 10.8. The number of hydrogen-bond donors (Lipinski definition) is 1. The minimum Gasteiger partial charge on any atom is -0.496 e. The average molecular weight is 380 g/mol. The van der Waals surface area contributed by atoms with Gasteiger partial charge in [0.2, 0.25) is 0 Å². The van der Waals surface area contributed by atoms with Crippen LogP contribution in [0, 0.1) is 5.82 Å². The van der Waals surface area contributed by atoms with E-state index < -0.39 is 11.8 Å². The maximum absolute atomic E-state index is 13.9. The largest absolute Gasteiger partial charge is 0.496 e. The molecule has 1 N–H and O–H groups in total. The quantitative estimate of drug-likeness (QED) is 0.690. The van der Waals surface area contributed by atoms with E-state index in [0.29, 0.717) is 17.0 Å². The summed E-state index contributed by atoms with van der Waals surface area (Å²) < 4.78 is 19.3. The monoisotopic (exact) mass is 380 g/mol. The van der Waals surface area contributed by atoms with Crippen molar-refractivity contribution in [1.29, 1.82) is 0 Å². The van der Waals surface area contributed by atoms with Crippen molar-refractivity contribution in [1.82, 2.24) is 15.1 Å². The molecule has 1 aliphatic rings. The number of rotatable bonds is 5. The lowest BCUT2D eigenvalue weighted by atomic mass is 10.1. The van der Waals surface area contributed by atoms with Crippen LogP contribution in [0.15, 0.2) is 54.9 Å². The fourth-order valence-electron chi connectivity index (χ4n) is 3.18. The molecule has 8 heteroatoms. The van der Waals surface area contributed by atoms with Crippen LogP contribution in [0.2, 0.25) is 0 Å². The molecular formula is C20H17FN4O3. The SMILES string of the molecule is COc1cc(N2CC(=O)N(Cc3ccccc3F)C2=O)ccc1-c1cn[nH]c1. The molecule has 0 atom stereocenters. The lowest BCUT2D eigenvalue weighted by molar-refractivity contribution is -0.125. The second-order valence-corrected chi connectivity index (χ2v) is 6.31. The molecule has 0 bridgehead atoms. The second kappa shape index (κ2) is 7.15. The number of carbonyl (C=O) groups excluding carboxylic acids is 2. The van der Waals surface area contributed by atoms with Gasteiger partial charge in [0.15, 0.2) is 0 Å². The summed E-state index contributed by atoms with van der Waals surface area (Å²) in [6.07, 6.45) is 3.40. The van der Waals surface area contributed by atoms with E-state index in [1.807, 2.05) is 0 Å². The molecule has 0 unspecified atom stereocenters. The van der Waals surface area contributed by atoms with E-state index >= 15 is 0 Å². The Balaban J connectivity index is 1.61. The van der Waals surface area contributed by atoms with E-state index in [4.69, 9.17) is 4.74 Å². The van der Waals surface area contributed by atoms with Crippen LogP contribution in [0.5, 0.6) is 5.75 Å². The van der Waals surface area contributed by atoms with Gasteiger partial charge in [-0.1, -0.05) is 18.2 Å². The third kappa shape index (κ3) is 3.09. The first kappa shape index (κ1) is 17.7. The highest BCUT2D eigenvalue weighted by Gasteiger charge is 2.37. The molecular weight excluding hydrogens is 363 g/mol. The zero-order valence-corrected chi connectivity index (χ0v) is 15.1. The molecule has 7 nitrogen and oxygen atoms in total. The fraction of sp³-hybridized carbons (Fsp3) is 0.150. The summed E-state index contributed by atoms with van der Waals surface area (Å²) in [5, 5.41) is 6.67. The summed E-state index contributed by atoms with van der Waals surface area (Å²) in [4.78, 5) is 27.6. The average Bonchev–Trinajstić information content (AvgIpc) is 3.33. The van der Waals surface area contributed by atoms with Crippen LogP contribution in [0.1, 0.15) is 5.56 Å². The number of methoxy groups -OCH3 is 1. The molecule has 2 aromatic carbocycles. The van der Waals surface area contributed by atoms with Gasteiger partial charge in [0, 0.05) is 34.6 Å². The molecule has 142 valence electrons. The highest BCUT2D eigenvalue weighted by atomic mass is 19.1. The lowest BCUT2D eigenvalue weighted by Crippen LogP contribution is -2.32. The number of H-pyrrole nitrogens is 1. The number of halogens is 1. The van der Waals surface area contributed by atoms with Crippen molar-refractivity contribution in [2.75, 3.05) is 18.6 Å². The van der Waals surface area contributed by atoms with Gasteiger partial charge in [-0.3, -0.25) is 19.7 Å². The normalized spacial score (nSPS) is 14.1. The van der Waals surface area contributed by atoms with Crippen molar-refractivity contribution in [3.63, 3.8) is 0 Å². The molecule has 1 fully saturated rings. The minimum atomic E-state index is -0.494. The van der Waals surface area contributed by atoms with Gasteiger partial charge >= 0.3 is 6.03 Å². The number of urea groups is 1. The number of amides is 3. The summed E-state index contributed by atoms with van der Waals surface area (Å²) in [6.45, 7) is -0.216. The Morgan fingerprint density at radius 2 is 2.04 bits per heavy atom. The molecule has 1 aliphatic heterocycles. The van der Waals surface area contributed by atoms with Gasteiger partial charge in [0.1, 0.15) is 18.1 Å². The van der Waals surface area contributed by atoms with Gasteiger partial charge < -0.3 is 4.74 Å². The highest BCUT2D eigenvalue weighted by molar-refractivity contribution is 6.12. The van der Waals surface area contributed by atoms with Gasteiger partial charge in [-0.15, -0.1) is 0 Å². The van der Waals surface area contributed by atoms with Crippen molar-refractivity contribution in [3.05, 3.63) is 66.2 Å². The third-order valence-electron chi connectivity index (χ3n) is 4.65. The lowest BCUT2D eigenvalue weighted by Gasteiger charge is -2.19. The van der Waals surface area contributed by atoms with Gasteiger partial charge in [0.05, 0.1) is 19.9 Å². The first-order valence-corrected chi connectivity index (χ1v) is 8.61. The molecule has 0 radical (unpaired) electrons. The summed E-state index contributed by atoms with van der Waals surface area (Å²) >= 11 is 0. The third-order valence-corrected chi connectivity index (χ3v) is 4.65. The fourth-order valence-corrected chi connectivity index (χ4v) is 3.18. The van der Waals surface area contributed by atoms with Crippen LogP contribution in [0.3, 0.4) is 0 Å². The van der Waals surface area contributed by atoms with Crippen LogP contribution in [0.4, 0.5) is 14.9 Å². The van der Waals surface area contributed by atoms with Crippen LogP contribution in [0.25, 0.3) is 11.1 Å². The summed E-state index contributed by atoms with van der Waals surface area (Å²) in [5.74, 6) is -0.287. The Morgan fingerprint density at radius 1 is 1.21 bits per heavy atom. The molecule has 2 heterocycles. The van der Waals surface area contributed by atoms with E-state index in [1.54, 1.807) is 48.8 Å². The Hall–Kier alpha value is -3.68. The van der Waals surface area contributed by atoms with Crippen molar-refractivity contribution < 1.29 is 18.7 Å². The van der Waals surface area contributed by atoms with Crippen LogP contribution < -0.4 is 9.64 Å². The number of benzene rings is 2. The molecule has 3 aromatic rings. The van der Waals surface area contributed by atoms with E-state index in [-0.39, 0.29) is 19.0 Å². The first-order valence-electron chi connectivity index (χ1n) is 8.61. The van der Waals surface area contributed by atoms with Crippen molar-refractivity contribution in [3.8, 4) is 16.9 Å². The number of aromatic amines is 1. The number of nitrogens with zero attached hydrogens (tertiary/aromatic N) is 3. The number of anilines is 1. The molecule has 0 spiro atoms. The van der Waals surface area contributed by atoms with Crippen LogP contribution >= 0.6 is 0 Å². The van der Waals surface area contributed by atoms with Crippen LogP contribution in [-0.4, -0.2) is 40.7 Å². The predicted octanol–water partition coefficient (Wildman–Crippen LogP) is 3.19. The van der Waals surface area contributed by atoms with Gasteiger partial charge in [0.25, 0.3) is 5.91 Å². The molecule has 0 saturated carbocycles. The van der Waals surface area contributed by atoms with Gasteiger partial charge in [-0.25, -0.2) is 9.18 Å². The van der Waals surface area contributed by atoms with E-state index in [2.05, 4.69) is 10.2 Å². The molecule has 3 amide bonds. The Kier molecular flexibility index (Phi) is 4.52. The number of imide groups is 1. The standard InChI is InChI=1S/C20H17FN4O3/c1-28-18-8-15(6-7-16(18)14-9-22-23-10-14)24-12-19(26)25(20(24)27)11-13-4-2-3-5-17(13)21/h2-10H,11-12H2,1H3,(H,22,23). The number of nitrogens with one attached hydrogen (secondary N) is 1. The Morgan fingerprint density at radius 3 is 2.75 bits per heavy atom. The Labute approximate surface area is 160 Å². The minimum absolute atomic E-state index is 0.106. The smallest absolute Gasteiger partial charge is 0.332 e. The highest BCUT2D eigenvalue weighted by Crippen LogP contribution is 2.34. The molecule has 0 aliphatic carbocycles. The summed E-state index contributed by atoms with van der Waals surface area (Å²) in [7, 11) is 1.53. The zero-order valence-electron chi connectivity index (χ0n) is 15.1. The van der Waals surface area contributed by atoms with Crippen molar-refractivity contribution >= 4 is 17.6 Å². The number of carbonyl (C=O) groups is 2. The number of ether oxygens (including phenoxy) is 1. The van der Waals surface area contributed by atoms with Crippen LogP contribution in [-0.2, 0) is 11.3 Å². The topological polar surface area (TPSA) is 78.5 Å². The zero-order chi connectivity index (χ0) is 19.7. The molecule has 1 saturated heterocycles. The number of hydrogen-bond acceptors (Lipinski definition) is 4. The van der Waals surface area contributed by atoms with E-state index in [9.17, 15) is 14.0 Å². The molecule has 1 aromatic heterocycles. The summed E-state index contributed by atoms with van der Waals surface area (Å²) in [5.41, 5.74) is 2.46. The second-order valence-electron chi connectivity index (χ2n) is 6.31. The van der Waals surface area contributed by atoms with E-state index in [1.165, 1.54) is 18.1 Å². The first-order chi connectivity index (χ1) is 13.6. The Bertz CT molecular complexity index is 1040.